The van der Waals surface area contributed by atoms with Crippen molar-refractivity contribution in [2.45, 2.75) is 20.4 Å². The Morgan fingerprint density at radius 1 is 1.27 bits per heavy atom. The Labute approximate surface area is 89.3 Å². The molecule has 0 unspecified atom stereocenters. The van der Waals surface area contributed by atoms with Gasteiger partial charge in [-0.2, -0.15) is 5.10 Å². The zero-order valence-electron chi connectivity index (χ0n) is 9.04. The summed E-state index contributed by atoms with van der Waals surface area (Å²) in [5.41, 5.74) is 11.4. The van der Waals surface area contributed by atoms with Gasteiger partial charge in [0, 0.05) is 17.8 Å². The predicted molar refractivity (Wildman–Crippen MR) is 61.4 cm³/mol. The average Bonchev–Trinajstić information content (AvgIpc) is 2.59. The predicted octanol–water partition coefficient (Wildman–Crippen LogP) is 2.15. The van der Waals surface area contributed by atoms with E-state index in [4.69, 9.17) is 5.73 Å². The Balaban J connectivity index is 2.63. The number of H-pyrrole nitrogens is 1. The number of aromatic nitrogens is 2. The quantitative estimate of drug-likeness (QED) is 0.782. The van der Waals surface area contributed by atoms with Gasteiger partial charge in [0.1, 0.15) is 0 Å². The Kier molecular flexibility index (Phi) is 2.56. The summed E-state index contributed by atoms with van der Waals surface area (Å²) < 4.78 is 0. The first-order chi connectivity index (χ1) is 7.24. The van der Waals surface area contributed by atoms with Crippen molar-refractivity contribution in [2.75, 3.05) is 0 Å². The highest BCUT2D eigenvalue weighted by atomic mass is 15.1. The third-order valence-corrected chi connectivity index (χ3v) is 2.63. The van der Waals surface area contributed by atoms with Crippen LogP contribution in [0.4, 0.5) is 0 Å². The van der Waals surface area contributed by atoms with Gasteiger partial charge in [-0.05, 0) is 25.0 Å². The van der Waals surface area contributed by atoms with Crippen LogP contribution in [-0.2, 0) is 6.54 Å². The number of nitrogens with one attached hydrogen (secondary N) is 1. The molecule has 0 radical (unpaired) electrons. The van der Waals surface area contributed by atoms with Crippen molar-refractivity contribution in [2.24, 2.45) is 5.73 Å². The molecule has 78 valence electrons. The van der Waals surface area contributed by atoms with Gasteiger partial charge in [0.05, 0.1) is 5.69 Å². The summed E-state index contributed by atoms with van der Waals surface area (Å²) in [6.45, 7) is 4.59. The van der Waals surface area contributed by atoms with Crippen molar-refractivity contribution in [1.29, 1.82) is 0 Å². The van der Waals surface area contributed by atoms with Gasteiger partial charge in [-0.1, -0.05) is 24.3 Å². The molecule has 1 heterocycles. The number of nitrogens with two attached hydrogens (primary N) is 1. The van der Waals surface area contributed by atoms with E-state index in [-0.39, 0.29) is 0 Å². The lowest BCUT2D eigenvalue weighted by molar-refractivity contribution is 1.02. The normalized spacial score (nSPS) is 10.6. The van der Waals surface area contributed by atoms with Gasteiger partial charge in [0.25, 0.3) is 0 Å². The van der Waals surface area contributed by atoms with Crippen LogP contribution >= 0.6 is 0 Å². The van der Waals surface area contributed by atoms with Gasteiger partial charge in [0.2, 0.25) is 0 Å². The SMILES string of the molecule is Cc1n[nH]c(C)c1-c1ccccc1CN. The lowest BCUT2D eigenvalue weighted by Gasteiger charge is -2.07. The van der Waals surface area contributed by atoms with E-state index in [1.54, 1.807) is 0 Å². The Morgan fingerprint density at radius 2 is 2.00 bits per heavy atom. The molecule has 3 heteroatoms. The lowest BCUT2D eigenvalue weighted by atomic mass is 9.98. The minimum atomic E-state index is 0.556. The van der Waals surface area contributed by atoms with Gasteiger partial charge in [-0.15, -0.1) is 0 Å². The highest BCUT2D eigenvalue weighted by molar-refractivity contribution is 5.71. The largest absolute Gasteiger partial charge is 0.326 e. The fraction of sp³-hybridized carbons (Fsp3) is 0.250. The van der Waals surface area contributed by atoms with Crippen molar-refractivity contribution < 1.29 is 0 Å². The second-order valence-electron chi connectivity index (χ2n) is 3.67. The molecule has 0 amide bonds. The van der Waals surface area contributed by atoms with Crippen molar-refractivity contribution in [3.05, 3.63) is 41.2 Å². The number of benzene rings is 1. The maximum atomic E-state index is 5.73. The minimum absolute atomic E-state index is 0.556. The second-order valence-corrected chi connectivity index (χ2v) is 3.67. The van der Waals surface area contributed by atoms with Crippen LogP contribution in [-0.4, -0.2) is 10.2 Å². The van der Waals surface area contributed by atoms with E-state index in [0.717, 1.165) is 17.0 Å². The summed E-state index contributed by atoms with van der Waals surface area (Å²) in [7, 11) is 0. The lowest BCUT2D eigenvalue weighted by Crippen LogP contribution is -1.99. The van der Waals surface area contributed by atoms with Crippen LogP contribution in [0.5, 0.6) is 0 Å². The van der Waals surface area contributed by atoms with E-state index in [2.05, 4.69) is 22.3 Å². The second kappa shape index (κ2) is 3.87. The maximum Gasteiger partial charge on any atom is 0.0672 e. The van der Waals surface area contributed by atoms with Gasteiger partial charge in [-0.25, -0.2) is 0 Å². The highest BCUT2D eigenvalue weighted by Crippen LogP contribution is 2.28. The number of rotatable bonds is 2. The van der Waals surface area contributed by atoms with Crippen LogP contribution in [0, 0.1) is 13.8 Å². The molecule has 0 saturated heterocycles. The molecule has 0 atom stereocenters. The van der Waals surface area contributed by atoms with Crippen molar-refractivity contribution in [1.82, 2.24) is 10.2 Å². The van der Waals surface area contributed by atoms with E-state index in [9.17, 15) is 0 Å². The Morgan fingerprint density at radius 3 is 2.60 bits per heavy atom. The first-order valence-electron chi connectivity index (χ1n) is 5.04. The van der Waals surface area contributed by atoms with E-state index in [0.29, 0.717) is 6.54 Å². The number of aryl methyl sites for hydroxylation is 2. The molecule has 0 aliphatic rings. The molecule has 15 heavy (non-hydrogen) atoms. The first-order valence-corrected chi connectivity index (χ1v) is 5.04. The molecule has 2 rings (SSSR count). The highest BCUT2D eigenvalue weighted by Gasteiger charge is 2.11. The monoisotopic (exact) mass is 201 g/mol. The molecule has 0 saturated carbocycles. The van der Waals surface area contributed by atoms with Crippen LogP contribution < -0.4 is 5.73 Å². The summed E-state index contributed by atoms with van der Waals surface area (Å²) in [6, 6.07) is 8.19. The standard InChI is InChI=1S/C12H15N3/c1-8-12(9(2)15-14-8)11-6-4-3-5-10(11)7-13/h3-6H,7,13H2,1-2H3,(H,14,15). The molecule has 0 aliphatic heterocycles. The Hall–Kier alpha value is -1.61. The summed E-state index contributed by atoms with van der Waals surface area (Å²) in [5, 5.41) is 7.20. The molecule has 3 N–H and O–H groups in total. The van der Waals surface area contributed by atoms with Gasteiger partial charge < -0.3 is 5.73 Å². The molecule has 0 fully saturated rings. The van der Waals surface area contributed by atoms with Gasteiger partial charge in [0.15, 0.2) is 0 Å². The van der Waals surface area contributed by atoms with Gasteiger partial charge in [-0.3, -0.25) is 5.10 Å². The maximum absolute atomic E-state index is 5.73. The third-order valence-electron chi connectivity index (χ3n) is 2.63. The van der Waals surface area contributed by atoms with Gasteiger partial charge >= 0.3 is 0 Å². The average molecular weight is 201 g/mol. The van der Waals surface area contributed by atoms with E-state index < -0.39 is 0 Å². The number of hydrogen-bond donors (Lipinski definition) is 2. The molecular weight excluding hydrogens is 186 g/mol. The minimum Gasteiger partial charge on any atom is -0.326 e. The van der Waals surface area contributed by atoms with Crippen molar-refractivity contribution in [3.8, 4) is 11.1 Å². The smallest absolute Gasteiger partial charge is 0.0672 e. The molecule has 2 aromatic rings. The zero-order valence-corrected chi connectivity index (χ0v) is 9.04. The zero-order chi connectivity index (χ0) is 10.8. The van der Waals surface area contributed by atoms with E-state index in [1.165, 1.54) is 11.1 Å². The summed E-state index contributed by atoms with van der Waals surface area (Å²) in [6.07, 6.45) is 0. The topological polar surface area (TPSA) is 54.7 Å². The number of nitrogens with zero attached hydrogens (tertiary/aromatic N) is 1. The van der Waals surface area contributed by atoms with Crippen LogP contribution in [0.15, 0.2) is 24.3 Å². The molecule has 1 aromatic heterocycles. The van der Waals surface area contributed by atoms with Crippen LogP contribution in [0.1, 0.15) is 17.0 Å². The third kappa shape index (κ3) is 1.66. The summed E-state index contributed by atoms with van der Waals surface area (Å²) in [4.78, 5) is 0. The molecule has 1 aromatic carbocycles. The number of aromatic amines is 1. The molecular formula is C12H15N3. The molecule has 0 aliphatic carbocycles. The van der Waals surface area contributed by atoms with Crippen LogP contribution in [0.3, 0.4) is 0 Å². The number of hydrogen-bond acceptors (Lipinski definition) is 2. The molecule has 0 spiro atoms. The fourth-order valence-corrected chi connectivity index (χ4v) is 1.89. The van der Waals surface area contributed by atoms with E-state index in [1.807, 2.05) is 26.0 Å². The summed E-state index contributed by atoms with van der Waals surface area (Å²) >= 11 is 0. The molecule has 3 nitrogen and oxygen atoms in total. The van der Waals surface area contributed by atoms with Crippen LogP contribution in [0.25, 0.3) is 11.1 Å². The van der Waals surface area contributed by atoms with Crippen LogP contribution in [0.2, 0.25) is 0 Å². The fourth-order valence-electron chi connectivity index (χ4n) is 1.89. The summed E-state index contributed by atoms with van der Waals surface area (Å²) in [5.74, 6) is 0. The Bertz CT molecular complexity index is 452. The first kappa shape index (κ1) is 9.93. The van der Waals surface area contributed by atoms with Crippen molar-refractivity contribution >= 4 is 0 Å². The van der Waals surface area contributed by atoms with Crippen molar-refractivity contribution in [3.63, 3.8) is 0 Å². The molecule has 0 bridgehead atoms. The van der Waals surface area contributed by atoms with E-state index >= 15 is 0 Å².